The molecule has 1 aromatic heterocycles. The zero-order chi connectivity index (χ0) is 12.4. The van der Waals surface area contributed by atoms with E-state index in [9.17, 15) is 4.79 Å². The van der Waals surface area contributed by atoms with E-state index < -0.39 is 0 Å². The van der Waals surface area contributed by atoms with E-state index in [-0.39, 0.29) is 11.9 Å². The maximum atomic E-state index is 11.4. The van der Waals surface area contributed by atoms with Crippen LogP contribution in [0.4, 0.5) is 11.4 Å². The number of aromatic nitrogens is 2. The Morgan fingerprint density at radius 2 is 2.12 bits per heavy atom. The van der Waals surface area contributed by atoms with Crippen LogP contribution in [-0.2, 0) is 4.79 Å². The second kappa shape index (κ2) is 4.28. The van der Waals surface area contributed by atoms with Gasteiger partial charge in [-0.1, -0.05) is 0 Å². The minimum absolute atomic E-state index is 0.119. The lowest BCUT2D eigenvalue weighted by molar-refractivity contribution is -0.121. The molecular formula is C10H13N5O2. The van der Waals surface area contributed by atoms with E-state index >= 15 is 0 Å². The lowest BCUT2D eigenvalue weighted by Gasteiger charge is -2.13. The molecule has 0 aliphatic rings. The highest BCUT2D eigenvalue weighted by molar-refractivity contribution is 5.96. The highest BCUT2D eigenvalue weighted by atomic mass is 16.6. The highest BCUT2D eigenvalue weighted by Crippen LogP contribution is 2.25. The van der Waals surface area contributed by atoms with Gasteiger partial charge in [0.25, 0.3) is 0 Å². The average molecular weight is 235 g/mol. The molecule has 0 aliphatic carbocycles. The van der Waals surface area contributed by atoms with Crippen molar-refractivity contribution in [3.05, 3.63) is 12.1 Å². The second-order valence-electron chi connectivity index (χ2n) is 3.64. The first kappa shape index (κ1) is 11.2. The fourth-order valence-corrected chi connectivity index (χ4v) is 1.52. The zero-order valence-corrected chi connectivity index (χ0v) is 9.52. The van der Waals surface area contributed by atoms with Gasteiger partial charge in [-0.05, 0) is 29.4 Å². The third-order valence-corrected chi connectivity index (χ3v) is 2.46. The van der Waals surface area contributed by atoms with Crippen LogP contribution in [0.3, 0.4) is 0 Å². The van der Waals surface area contributed by atoms with Crippen molar-refractivity contribution >= 4 is 28.3 Å². The summed E-state index contributed by atoms with van der Waals surface area (Å²) in [6.45, 7) is 1.74. The van der Waals surface area contributed by atoms with Crippen molar-refractivity contribution in [1.29, 1.82) is 0 Å². The predicted molar refractivity (Wildman–Crippen MR) is 63.4 cm³/mol. The third kappa shape index (κ3) is 1.99. The van der Waals surface area contributed by atoms with Crippen molar-refractivity contribution in [2.45, 2.75) is 13.0 Å². The lowest BCUT2D eigenvalue weighted by atomic mass is 10.2. The lowest BCUT2D eigenvalue weighted by Crippen LogP contribution is -2.35. The van der Waals surface area contributed by atoms with Crippen molar-refractivity contribution < 1.29 is 9.42 Å². The average Bonchev–Trinajstić information content (AvgIpc) is 2.81. The van der Waals surface area contributed by atoms with Crippen molar-refractivity contribution in [3.8, 4) is 0 Å². The van der Waals surface area contributed by atoms with Crippen LogP contribution in [0.15, 0.2) is 16.8 Å². The Balaban J connectivity index is 2.33. The highest BCUT2D eigenvalue weighted by Gasteiger charge is 2.15. The van der Waals surface area contributed by atoms with Crippen LogP contribution in [-0.4, -0.2) is 29.3 Å². The molecular weight excluding hydrogens is 222 g/mol. The molecule has 1 heterocycles. The molecule has 90 valence electrons. The van der Waals surface area contributed by atoms with E-state index in [1.807, 2.05) is 0 Å². The number of fused-ring (bicyclic) bond motifs is 1. The van der Waals surface area contributed by atoms with Crippen LogP contribution in [0, 0.1) is 0 Å². The Morgan fingerprint density at radius 1 is 1.41 bits per heavy atom. The number of nitrogens with zero attached hydrogens (tertiary/aromatic N) is 2. The first-order valence-electron chi connectivity index (χ1n) is 5.12. The molecule has 0 fully saturated rings. The van der Waals surface area contributed by atoms with E-state index in [0.717, 1.165) is 0 Å². The SMILES string of the molecule is CNC(=O)C(C)Nc1ccc(N)c2nonc12. The van der Waals surface area contributed by atoms with Crippen molar-refractivity contribution in [2.75, 3.05) is 18.1 Å². The number of anilines is 2. The number of carbonyl (C=O) groups is 1. The van der Waals surface area contributed by atoms with Gasteiger partial charge in [0.15, 0.2) is 11.0 Å². The van der Waals surface area contributed by atoms with Crippen LogP contribution in [0.25, 0.3) is 11.0 Å². The minimum Gasteiger partial charge on any atom is -0.397 e. The Labute approximate surface area is 97.3 Å². The largest absolute Gasteiger partial charge is 0.397 e. The number of nitrogens with two attached hydrogens (primary N) is 1. The molecule has 1 unspecified atom stereocenters. The maximum Gasteiger partial charge on any atom is 0.241 e. The molecule has 4 N–H and O–H groups in total. The van der Waals surface area contributed by atoms with Crippen molar-refractivity contribution in [2.24, 2.45) is 0 Å². The van der Waals surface area contributed by atoms with Crippen LogP contribution in [0.1, 0.15) is 6.92 Å². The molecule has 0 bridgehead atoms. The Kier molecular flexibility index (Phi) is 2.82. The Hall–Kier alpha value is -2.31. The number of hydrogen-bond donors (Lipinski definition) is 3. The van der Waals surface area contributed by atoms with Crippen molar-refractivity contribution in [1.82, 2.24) is 15.6 Å². The summed E-state index contributed by atoms with van der Waals surface area (Å²) in [4.78, 5) is 11.4. The van der Waals surface area contributed by atoms with Crippen molar-refractivity contribution in [3.63, 3.8) is 0 Å². The number of amides is 1. The summed E-state index contributed by atoms with van der Waals surface area (Å²) in [6, 6.07) is 3.04. The fourth-order valence-electron chi connectivity index (χ4n) is 1.52. The number of nitrogen functional groups attached to an aromatic ring is 1. The van der Waals surface area contributed by atoms with Gasteiger partial charge in [0.05, 0.1) is 11.4 Å². The maximum absolute atomic E-state index is 11.4. The summed E-state index contributed by atoms with van der Waals surface area (Å²) < 4.78 is 4.63. The predicted octanol–water partition coefficient (Wildman–Crippen LogP) is 0.351. The number of benzene rings is 1. The van der Waals surface area contributed by atoms with Crippen LogP contribution >= 0.6 is 0 Å². The summed E-state index contributed by atoms with van der Waals surface area (Å²) in [5, 5.41) is 13.0. The molecule has 1 aromatic carbocycles. The van der Waals surface area contributed by atoms with Gasteiger partial charge in [0, 0.05) is 7.05 Å². The zero-order valence-electron chi connectivity index (χ0n) is 9.52. The molecule has 7 nitrogen and oxygen atoms in total. The Morgan fingerprint density at radius 3 is 2.82 bits per heavy atom. The number of carbonyl (C=O) groups excluding carboxylic acids is 1. The van der Waals surface area contributed by atoms with E-state index in [4.69, 9.17) is 5.73 Å². The summed E-state index contributed by atoms with van der Waals surface area (Å²) in [6.07, 6.45) is 0. The Bertz CT molecular complexity index is 551. The minimum atomic E-state index is -0.386. The van der Waals surface area contributed by atoms with E-state index in [0.29, 0.717) is 22.4 Å². The number of nitrogens with one attached hydrogen (secondary N) is 2. The fraction of sp³-hybridized carbons (Fsp3) is 0.300. The quantitative estimate of drug-likeness (QED) is 0.663. The van der Waals surface area contributed by atoms with Crippen LogP contribution in [0.5, 0.6) is 0 Å². The summed E-state index contributed by atoms with van der Waals surface area (Å²) >= 11 is 0. The second-order valence-corrected chi connectivity index (χ2v) is 3.64. The van der Waals surface area contributed by atoms with Crippen LogP contribution < -0.4 is 16.4 Å². The molecule has 0 saturated heterocycles. The van der Waals surface area contributed by atoms with Gasteiger partial charge in [-0.2, -0.15) is 0 Å². The van der Waals surface area contributed by atoms with Gasteiger partial charge < -0.3 is 16.4 Å². The molecule has 17 heavy (non-hydrogen) atoms. The molecule has 1 atom stereocenters. The smallest absolute Gasteiger partial charge is 0.241 e. The summed E-state index contributed by atoms with van der Waals surface area (Å²) in [5.41, 5.74) is 7.86. The number of likely N-dealkylation sites (N-methyl/N-ethyl adjacent to an activating group) is 1. The molecule has 1 amide bonds. The van der Waals surface area contributed by atoms with Gasteiger partial charge in [-0.3, -0.25) is 4.79 Å². The number of hydrogen-bond acceptors (Lipinski definition) is 6. The standard InChI is InChI=1S/C10H13N5O2/c1-5(10(16)12-2)13-7-4-3-6(11)8-9(7)15-17-14-8/h3-5,13H,11H2,1-2H3,(H,12,16). The monoisotopic (exact) mass is 235 g/mol. The van der Waals surface area contributed by atoms with Gasteiger partial charge in [0.1, 0.15) is 6.04 Å². The van der Waals surface area contributed by atoms with Gasteiger partial charge in [-0.25, -0.2) is 4.63 Å². The van der Waals surface area contributed by atoms with E-state index in [1.165, 1.54) is 0 Å². The first-order valence-corrected chi connectivity index (χ1v) is 5.12. The summed E-state index contributed by atoms with van der Waals surface area (Å²) in [5.74, 6) is -0.119. The third-order valence-electron chi connectivity index (χ3n) is 2.46. The van der Waals surface area contributed by atoms with Gasteiger partial charge in [-0.15, -0.1) is 0 Å². The summed E-state index contributed by atoms with van der Waals surface area (Å²) in [7, 11) is 1.58. The molecule has 2 aromatic rings. The van der Waals surface area contributed by atoms with E-state index in [1.54, 1.807) is 26.1 Å². The molecule has 7 heteroatoms. The van der Waals surface area contributed by atoms with E-state index in [2.05, 4.69) is 25.6 Å². The molecule has 2 rings (SSSR count). The molecule has 0 radical (unpaired) electrons. The van der Waals surface area contributed by atoms with Gasteiger partial charge >= 0.3 is 0 Å². The molecule has 0 aliphatic heterocycles. The number of rotatable bonds is 3. The molecule has 0 saturated carbocycles. The topological polar surface area (TPSA) is 106 Å². The molecule has 0 spiro atoms. The van der Waals surface area contributed by atoms with Crippen LogP contribution in [0.2, 0.25) is 0 Å². The first-order chi connectivity index (χ1) is 8.13. The normalized spacial score (nSPS) is 12.4. The van der Waals surface area contributed by atoms with Gasteiger partial charge in [0.2, 0.25) is 5.91 Å².